The average molecular weight is 409 g/mol. The van der Waals surface area contributed by atoms with Gasteiger partial charge in [-0.05, 0) is 31.6 Å². The lowest BCUT2D eigenvalue weighted by atomic mass is 10.1. The molecule has 8 heteroatoms. The monoisotopic (exact) mass is 408 g/mol. The second-order valence-corrected chi connectivity index (χ2v) is 6.96. The highest BCUT2D eigenvalue weighted by atomic mass is 16.6. The second kappa shape index (κ2) is 9.98. The summed E-state index contributed by atoms with van der Waals surface area (Å²) in [5.41, 5.74) is 2.28. The largest absolute Gasteiger partial charge is 0.380 e. The van der Waals surface area contributed by atoms with E-state index >= 15 is 0 Å². The quantitative estimate of drug-likeness (QED) is 0.378. The van der Waals surface area contributed by atoms with E-state index in [1.165, 1.54) is 0 Å². The molecule has 0 bridgehead atoms. The van der Waals surface area contributed by atoms with Crippen molar-refractivity contribution in [2.24, 2.45) is 0 Å². The molecule has 2 N–H and O–H groups in total. The fourth-order valence-corrected chi connectivity index (χ4v) is 3.33. The molecule has 8 nitrogen and oxygen atoms in total. The van der Waals surface area contributed by atoms with Gasteiger partial charge in [0.05, 0.1) is 17.0 Å². The summed E-state index contributed by atoms with van der Waals surface area (Å²) in [6.45, 7) is 9.69. The second-order valence-electron chi connectivity index (χ2n) is 6.96. The number of benzene rings is 2. The van der Waals surface area contributed by atoms with Crippen molar-refractivity contribution in [3.05, 3.63) is 64.0 Å². The Morgan fingerprint density at radius 1 is 1.03 bits per heavy atom. The summed E-state index contributed by atoms with van der Waals surface area (Å²) in [7, 11) is 0. The molecule has 0 unspecified atom stereocenters. The lowest BCUT2D eigenvalue weighted by Crippen LogP contribution is -2.23. The van der Waals surface area contributed by atoms with Gasteiger partial charge in [-0.25, -0.2) is 9.97 Å². The minimum absolute atomic E-state index is 0.0206. The van der Waals surface area contributed by atoms with Crippen molar-refractivity contribution in [3.63, 3.8) is 0 Å². The Labute approximate surface area is 176 Å². The Morgan fingerprint density at radius 3 is 2.40 bits per heavy atom. The number of nitrogens with zero attached hydrogens (tertiary/aromatic N) is 4. The van der Waals surface area contributed by atoms with E-state index in [1.807, 2.05) is 37.3 Å². The van der Waals surface area contributed by atoms with Gasteiger partial charge < -0.3 is 10.6 Å². The van der Waals surface area contributed by atoms with Crippen LogP contribution in [-0.4, -0.2) is 39.4 Å². The first-order valence-corrected chi connectivity index (χ1v) is 10.3. The highest BCUT2D eigenvalue weighted by Gasteiger charge is 2.19. The summed E-state index contributed by atoms with van der Waals surface area (Å²) >= 11 is 0. The molecule has 0 aliphatic heterocycles. The molecule has 158 valence electrons. The molecule has 1 aromatic heterocycles. The third-order valence-corrected chi connectivity index (χ3v) is 4.99. The first-order valence-electron chi connectivity index (χ1n) is 10.3. The zero-order chi connectivity index (χ0) is 21.5. The summed E-state index contributed by atoms with van der Waals surface area (Å²) in [4.78, 5) is 22.9. The highest BCUT2D eigenvalue weighted by molar-refractivity contribution is 5.94. The lowest BCUT2D eigenvalue weighted by Gasteiger charge is -2.18. The topological polar surface area (TPSA) is 96.2 Å². The molecule has 0 amide bonds. The van der Waals surface area contributed by atoms with E-state index in [1.54, 1.807) is 12.1 Å². The third kappa shape index (κ3) is 5.01. The summed E-state index contributed by atoms with van der Waals surface area (Å²) in [6, 6.07) is 13.3. The van der Waals surface area contributed by atoms with Crippen molar-refractivity contribution in [3.8, 4) is 0 Å². The van der Waals surface area contributed by atoms with E-state index in [0.29, 0.717) is 47.9 Å². The van der Waals surface area contributed by atoms with E-state index in [-0.39, 0.29) is 10.6 Å². The van der Waals surface area contributed by atoms with Gasteiger partial charge in [0.15, 0.2) is 0 Å². The minimum Gasteiger partial charge on any atom is -0.380 e. The van der Waals surface area contributed by atoms with Crippen molar-refractivity contribution in [1.29, 1.82) is 0 Å². The molecule has 2 aromatic carbocycles. The average Bonchev–Trinajstić information content (AvgIpc) is 2.76. The van der Waals surface area contributed by atoms with Crippen molar-refractivity contribution >= 4 is 28.1 Å². The summed E-state index contributed by atoms with van der Waals surface area (Å²) < 4.78 is 0. The SMILES string of the molecule is CCNc1cc2nc(CN(CC)CC)nc(NCc3ccccc3)c2cc1[N+](=O)[O-]. The van der Waals surface area contributed by atoms with Gasteiger partial charge in [0.1, 0.15) is 17.3 Å². The van der Waals surface area contributed by atoms with Gasteiger partial charge in [0.25, 0.3) is 5.69 Å². The fraction of sp³-hybridized carbons (Fsp3) is 0.364. The number of rotatable bonds is 10. The van der Waals surface area contributed by atoms with Crippen LogP contribution in [0.3, 0.4) is 0 Å². The molecule has 0 fully saturated rings. The lowest BCUT2D eigenvalue weighted by molar-refractivity contribution is -0.383. The highest BCUT2D eigenvalue weighted by Crippen LogP contribution is 2.32. The molecule has 1 heterocycles. The van der Waals surface area contributed by atoms with Gasteiger partial charge in [0.2, 0.25) is 0 Å². The molecular weight excluding hydrogens is 380 g/mol. The van der Waals surface area contributed by atoms with Crippen LogP contribution in [0.1, 0.15) is 32.2 Å². The number of nitro groups is 1. The normalized spacial score (nSPS) is 11.1. The van der Waals surface area contributed by atoms with Crippen LogP contribution in [-0.2, 0) is 13.1 Å². The van der Waals surface area contributed by atoms with Crippen LogP contribution < -0.4 is 10.6 Å². The van der Waals surface area contributed by atoms with Crippen molar-refractivity contribution < 1.29 is 4.92 Å². The third-order valence-electron chi connectivity index (χ3n) is 4.99. The molecule has 3 aromatic rings. The first-order chi connectivity index (χ1) is 14.5. The number of aromatic nitrogens is 2. The minimum atomic E-state index is -0.373. The van der Waals surface area contributed by atoms with Crippen LogP contribution in [0.4, 0.5) is 17.2 Å². The van der Waals surface area contributed by atoms with Gasteiger partial charge >= 0.3 is 0 Å². The number of hydrogen-bond acceptors (Lipinski definition) is 7. The first kappa shape index (κ1) is 21.4. The molecule has 30 heavy (non-hydrogen) atoms. The van der Waals surface area contributed by atoms with Crippen molar-refractivity contribution in [1.82, 2.24) is 14.9 Å². The molecular formula is C22H28N6O2. The van der Waals surface area contributed by atoms with E-state index in [4.69, 9.17) is 9.97 Å². The standard InChI is InChI=1S/C22H28N6O2/c1-4-23-19-13-18-17(12-20(19)28(29)30)22(24-14-16-10-8-7-9-11-16)26-21(25-18)15-27(5-2)6-3/h7-13,23H,4-6,14-15H2,1-3H3,(H,24,25,26). The molecule has 0 saturated carbocycles. The summed E-state index contributed by atoms with van der Waals surface area (Å²) in [5, 5.41) is 18.7. The van der Waals surface area contributed by atoms with E-state index in [2.05, 4.69) is 29.4 Å². The maximum absolute atomic E-state index is 11.6. The van der Waals surface area contributed by atoms with E-state index in [0.717, 1.165) is 18.7 Å². The van der Waals surface area contributed by atoms with Gasteiger partial charge in [-0.1, -0.05) is 44.2 Å². The van der Waals surface area contributed by atoms with E-state index in [9.17, 15) is 10.1 Å². The summed E-state index contributed by atoms with van der Waals surface area (Å²) in [5.74, 6) is 1.30. The Balaban J connectivity index is 2.08. The Bertz CT molecular complexity index is 1010. The number of nitrogens with one attached hydrogen (secondary N) is 2. The number of hydrogen-bond donors (Lipinski definition) is 2. The molecule has 0 atom stereocenters. The Morgan fingerprint density at radius 2 is 1.77 bits per heavy atom. The van der Waals surface area contributed by atoms with Crippen LogP contribution in [0.15, 0.2) is 42.5 Å². The molecule has 0 saturated heterocycles. The van der Waals surface area contributed by atoms with Crippen molar-refractivity contribution in [2.45, 2.75) is 33.9 Å². The van der Waals surface area contributed by atoms with Gasteiger partial charge in [-0.2, -0.15) is 0 Å². The maximum atomic E-state index is 11.6. The van der Waals surface area contributed by atoms with Crippen LogP contribution in [0, 0.1) is 10.1 Å². The smallest absolute Gasteiger partial charge is 0.293 e. The molecule has 0 radical (unpaired) electrons. The maximum Gasteiger partial charge on any atom is 0.293 e. The van der Waals surface area contributed by atoms with Crippen LogP contribution >= 0.6 is 0 Å². The van der Waals surface area contributed by atoms with Crippen LogP contribution in [0.25, 0.3) is 10.9 Å². The molecule has 0 aliphatic rings. The molecule has 0 spiro atoms. The Hall–Kier alpha value is -3.26. The van der Waals surface area contributed by atoms with Gasteiger partial charge in [-0.15, -0.1) is 0 Å². The zero-order valence-electron chi connectivity index (χ0n) is 17.7. The molecule has 0 aliphatic carbocycles. The van der Waals surface area contributed by atoms with Crippen LogP contribution in [0.2, 0.25) is 0 Å². The number of fused-ring (bicyclic) bond motifs is 1. The molecule has 3 rings (SSSR count). The van der Waals surface area contributed by atoms with Gasteiger partial charge in [-0.3, -0.25) is 15.0 Å². The summed E-state index contributed by atoms with van der Waals surface area (Å²) in [6.07, 6.45) is 0. The Kier molecular flexibility index (Phi) is 7.13. The van der Waals surface area contributed by atoms with E-state index < -0.39 is 0 Å². The predicted molar refractivity (Wildman–Crippen MR) is 121 cm³/mol. The number of nitro benzene ring substituents is 1. The zero-order valence-corrected chi connectivity index (χ0v) is 17.7. The fourth-order valence-electron chi connectivity index (χ4n) is 3.33. The van der Waals surface area contributed by atoms with Gasteiger partial charge in [0, 0.05) is 24.5 Å². The number of anilines is 2. The van der Waals surface area contributed by atoms with Crippen LogP contribution in [0.5, 0.6) is 0 Å². The predicted octanol–water partition coefficient (Wildman–Crippen LogP) is 4.42. The van der Waals surface area contributed by atoms with Crippen molar-refractivity contribution in [2.75, 3.05) is 30.3 Å².